The van der Waals surface area contributed by atoms with Gasteiger partial charge in [-0.05, 0) is 25.9 Å². The quantitative estimate of drug-likeness (QED) is 0.853. The molecule has 8 heteroatoms. The van der Waals surface area contributed by atoms with Gasteiger partial charge in [0.25, 0.3) is 0 Å². The zero-order valence-corrected chi connectivity index (χ0v) is 10.7. The number of aromatic nitrogens is 2. The van der Waals surface area contributed by atoms with Gasteiger partial charge in [0.2, 0.25) is 0 Å². The van der Waals surface area contributed by atoms with Crippen LogP contribution in [0.25, 0.3) is 0 Å². The van der Waals surface area contributed by atoms with E-state index in [0.29, 0.717) is 0 Å². The van der Waals surface area contributed by atoms with E-state index >= 15 is 0 Å². The molecule has 0 amide bonds. The van der Waals surface area contributed by atoms with E-state index in [2.05, 4.69) is 15.3 Å². The van der Waals surface area contributed by atoms with Crippen LogP contribution in [0.2, 0.25) is 0 Å². The third-order valence-electron chi connectivity index (χ3n) is 2.31. The van der Waals surface area contributed by atoms with Crippen LogP contribution in [0.4, 0.5) is 10.2 Å². The highest BCUT2D eigenvalue weighted by Crippen LogP contribution is 2.14. The minimum atomic E-state index is -0.618. The Hall–Kier alpha value is -0.850. The minimum Gasteiger partial charge on any atom is -0.460 e. The molecule has 0 aliphatic carbocycles. The third kappa shape index (κ3) is 4.49. The highest BCUT2D eigenvalue weighted by molar-refractivity contribution is 5.85. The number of rotatable bonds is 2. The molecule has 0 unspecified atom stereocenters. The van der Waals surface area contributed by atoms with Crippen LogP contribution in [0.3, 0.4) is 0 Å². The second-order valence-electron chi connectivity index (χ2n) is 3.45. The van der Waals surface area contributed by atoms with E-state index in [9.17, 15) is 4.39 Å². The van der Waals surface area contributed by atoms with Crippen LogP contribution in [-0.2, 0) is 0 Å². The van der Waals surface area contributed by atoms with Gasteiger partial charge in [-0.3, -0.25) is 0 Å². The van der Waals surface area contributed by atoms with Gasteiger partial charge in [0.05, 0.1) is 6.20 Å². The van der Waals surface area contributed by atoms with E-state index in [1.807, 2.05) is 0 Å². The summed E-state index contributed by atoms with van der Waals surface area (Å²) in [5.41, 5.74) is 5.31. The lowest BCUT2D eigenvalue weighted by Gasteiger charge is -2.22. The van der Waals surface area contributed by atoms with Crippen LogP contribution in [0.15, 0.2) is 6.20 Å². The van der Waals surface area contributed by atoms with Gasteiger partial charge < -0.3 is 15.8 Å². The van der Waals surface area contributed by atoms with Crippen molar-refractivity contribution in [2.24, 2.45) is 0 Å². The minimum absolute atomic E-state index is 0. The number of nitrogens with two attached hydrogens (primary N) is 1. The summed E-state index contributed by atoms with van der Waals surface area (Å²) in [5, 5.41) is 3.22. The second kappa shape index (κ2) is 7.47. The van der Waals surface area contributed by atoms with Gasteiger partial charge in [-0.1, -0.05) is 0 Å². The number of nitrogen functional groups attached to an aromatic ring is 1. The number of piperidine rings is 1. The fraction of sp³-hybridized carbons (Fsp3) is 0.556. The van der Waals surface area contributed by atoms with E-state index in [1.54, 1.807) is 0 Å². The number of halogens is 3. The lowest BCUT2D eigenvalue weighted by Crippen LogP contribution is -2.34. The largest absolute Gasteiger partial charge is 0.460 e. The smallest absolute Gasteiger partial charge is 0.318 e. The summed E-state index contributed by atoms with van der Waals surface area (Å²) in [6.45, 7) is 1.84. The fourth-order valence-electron chi connectivity index (χ4n) is 1.48. The van der Waals surface area contributed by atoms with Crippen molar-refractivity contribution >= 4 is 30.6 Å². The van der Waals surface area contributed by atoms with E-state index in [-0.39, 0.29) is 42.7 Å². The predicted octanol–water partition coefficient (Wildman–Crippen LogP) is 1.17. The standard InChI is InChI=1S/C9H13FN4O.2ClH/c10-7-5-13-9(14-8(7)11)15-6-1-3-12-4-2-6;;/h5-6,12H,1-4H2,(H2,11,13,14);2*1H. The summed E-state index contributed by atoms with van der Waals surface area (Å²) in [4.78, 5) is 7.44. The lowest BCUT2D eigenvalue weighted by atomic mass is 10.1. The number of hydrogen-bond acceptors (Lipinski definition) is 5. The zero-order valence-electron chi connectivity index (χ0n) is 9.06. The molecule has 1 aromatic heterocycles. The Bertz CT molecular complexity index is 350. The van der Waals surface area contributed by atoms with Gasteiger partial charge in [-0.2, -0.15) is 4.98 Å². The Balaban J connectivity index is 0.00000128. The summed E-state index contributed by atoms with van der Waals surface area (Å²) < 4.78 is 18.2. The Labute approximate surface area is 111 Å². The van der Waals surface area contributed by atoms with Crippen LogP contribution in [-0.4, -0.2) is 29.2 Å². The number of nitrogens with zero attached hydrogens (tertiary/aromatic N) is 2. The summed E-state index contributed by atoms with van der Waals surface area (Å²) >= 11 is 0. The van der Waals surface area contributed by atoms with Crippen molar-refractivity contribution in [3.63, 3.8) is 0 Å². The second-order valence-corrected chi connectivity index (χ2v) is 3.45. The van der Waals surface area contributed by atoms with Gasteiger partial charge in [0, 0.05) is 0 Å². The van der Waals surface area contributed by atoms with Crippen LogP contribution >= 0.6 is 24.8 Å². The molecule has 0 saturated carbocycles. The Morgan fingerprint density at radius 3 is 2.59 bits per heavy atom. The maximum absolute atomic E-state index is 12.8. The van der Waals surface area contributed by atoms with Gasteiger partial charge in [-0.25, -0.2) is 9.37 Å². The Kier molecular flexibility index (Phi) is 7.10. The molecular formula is C9H15Cl2FN4O. The molecule has 0 radical (unpaired) electrons. The van der Waals surface area contributed by atoms with E-state index in [4.69, 9.17) is 10.5 Å². The molecule has 17 heavy (non-hydrogen) atoms. The van der Waals surface area contributed by atoms with Crippen molar-refractivity contribution in [1.29, 1.82) is 0 Å². The predicted molar refractivity (Wildman–Crippen MR) is 67.4 cm³/mol. The monoisotopic (exact) mass is 284 g/mol. The molecule has 3 N–H and O–H groups in total. The molecule has 98 valence electrons. The molecule has 2 heterocycles. The number of nitrogens with one attached hydrogen (secondary N) is 1. The Morgan fingerprint density at radius 1 is 1.35 bits per heavy atom. The molecule has 1 saturated heterocycles. The first-order chi connectivity index (χ1) is 7.25. The molecule has 2 rings (SSSR count). The highest BCUT2D eigenvalue weighted by atomic mass is 35.5. The average molecular weight is 285 g/mol. The van der Waals surface area contributed by atoms with E-state index in [0.717, 1.165) is 32.1 Å². The molecule has 1 aliphatic heterocycles. The first-order valence-corrected chi connectivity index (χ1v) is 4.91. The highest BCUT2D eigenvalue weighted by Gasteiger charge is 2.16. The van der Waals surface area contributed by atoms with E-state index in [1.165, 1.54) is 0 Å². The summed E-state index contributed by atoms with van der Waals surface area (Å²) in [6, 6.07) is 0.154. The van der Waals surface area contributed by atoms with Crippen molar-refractivity contribution in [1.82, 2.24) is 15.3 Å². The SMILES string of the molecule is Cl.Cl.Nc1nc(OC2CCNCC2)ncc1F. The first-order valence-electron chi connectivity index (χ1n) is 4.91. The maximum atomic E-state index is 12.8. The lowest BCUT2D eigenvalue weighted by molar-refractivity contribution is 0.148. The number of ether oxygens (including phenoxy) is 1. The number of anilines is 1. The van der Waals surface area contributed by atoms with Gasteiger partial charge in [0.15, 0.2) is 11.6 Å². The maximum Gasteiger partial charge on any atom is 0.318 e. The van der Waals surface area contributed by atoms with Gasteiger partial charge >= 0.3 is 6.01 Å². The molecule has 0 spiro atoms. The number of hydrogen-bond donors (Lipinski definition) is 2. The zero-order chi connectivity index (χ0) is 10.7. The molecular weight excluding hydrogens is 270 g/mol. The molecule has 0 aromatic carbocycles. The van der Waals surface area contributed by atoms with Gasteiger partial charge in [-0.15, -0.1) is 24.8 Å². The van der Waals surface area contributed by atoms with Crippen LogP contribution in [0.5, 0.6) is 6.01 Å². The van der Waals surface area contributed by atoms with Crippen molar-refractivity contribution in [2.75, 3.05) is 18.8 Å². The van der Waals surface area contributed by atoms with Crippen molar-refractivity contribution in [2.45, 2.75) is 18.9 Å². The topological polar surface area (TPSA) is 73.1 Å². The molecule has 5 nitrogen and oxygen atoms in total. The third-order valence-corrected chi connectivity index (χ3v) is 2.31. The first kappa shape index (κ1) is 16.1. The summed E-state index contributed by atoms with van der Waals surface area (Å²) in [5.74, 6) is -0.790. The summed E-state index contributed by atoms with van der Waals surface area (Å²) in [7, 11) is 0. The molecule has 1 aliphatic rings. The van der Waals surface area contributed by atoms with Crippen LogP contribution in [0, 0.1) is 5.82 Å². The van der Waals surface area contributed by atoms with Crippen LogP contribution in [0.1, 0.15) is 12.8 Å². The average Bonchev–Trinajstić information content (AvgIpc) is 2.25. The molecule has 1 fully saturated rings. The van der Waals surface area contributed by atoms with Crippen molar-refractivity contribution in [3.8, 4) is 6.01 Å². The van der Waals surface area contributed by atoms with Crippen LogP contribution < -0.4 is 15.8 Å². The van der Waals surface area contributed by atoms with Crippen molar-refractivity contribution in [3.05, 3.63) is 12.0 Å². The summed E-state index contributed by atoms with van der Waals surface area (Å²) in [6.07, 6.45) is 2.93. The molecule has 1 aromatic rings. The van der Waals surface area contributed by atoms with E-state index < -0.39 is 5.82 Å². The van der Waals surface area contributed by atoms with Gasteiger partial charge in [0.1, 0.15) is 6.10 Å². The normalized spacial score (nSPS) is 15.6. The molecule has 0 bridgehead atoms. The molecule has 0 atom stereocenters. The van der Waals surface area contributed by atoms with Crippen molar-refractivity contribution < 1.29 is 9.13 Å². The Morgan fingerprint density at radius 2 is 2.00 bits per heavy atom. The fourth-order valence-corrected chi connectivity index (χ4v) is 1.48.